The number of aryl methyl sites for hydroxylation is 1. The first-order valence-corrected chi connectivity index (χ1v) is 7.46. The molecule has 8 heteroatoms. The Morgan fingerprint density at radius 1 is 1.35 bits per heavy atom. The van der Waals surface area contributed by atoms with Crippen molar-refractivity contribution < 1.29 is 14.1 Å². The van der Waals surface area contributed by atoms with Gasteiger partial charge in [0.25, 0.3) is 5.89 Å². The van der Waals surface area contributed by atoms with Gasteiger partial charge in [0.2, 0.25) is 0 Å². The molecular formula is C15H19N5O3. The Bertz CT molecular complexity index is 679. The van der Waals surface area contributed by atoms with E-state index in [-0.39, 0.29) is 5.97 Å². The van der Waals surface area contributed by atoms with E-state index in [9.17, 15) is 4.79 Å². The average Bonchev–Trinajstić information content (AvgIpc) is 3.02. The van der Waals surface area contributed by atoms with Crippen LogP contribution in [-0.4, -0.2) is 65.8 Å². The smallest absolute Gasteiger partial charge is 0.319 e. The van der Waals surface area contributed by atoms with Gasteiger partial charge in [-0.15, -0.1) is 0 Å². The molecular weight excluding hydrogens is 298 g/mol. The normalized spacial score (nSPS) is 15.7. The van der Waals surface area contributed by atoms with E-state index in [1.54, 1.807) is 13.1 Å². The second kappa shape index (κ2) is 6.74. The van der Waals surface area contributed by atoms with E-state index in [0.29, 0.717) is 18.3 Å². The Morgan fingerprint density at radius 3 is 2.78 bits per heavy atom. The van der Waals surface area contributed by atoms with Gasteiger partial charge in [-0.05, 0) is 19.1 Å². The molecule has 3 rings (SSSR count). The third-order valence-electron chi connectivity index (χ3n) is 3.80. The highest BCUT2D eigenvalue weighted by molar-refractivity contribution is 5.71. The van der Waals surface area contributed by atoms with Crippen molar-refractivity contribution in [3.63, 3.8) is 0 Å². The van der Waals surface area contributed by atoms with Crippen LogP contribution in [0.4, 0.5) is 5.82 Å². The second-order valence-corrected chi connectivity index (χ2v) is 5.39. The summed E-state index contributed by atoms with van der Waals surface area (Å²) >= 11 is 0. The molecule has 8 nitrogen and oxygen atoms in total. The summed E-state index contributed by atoms with van der Waals surface area (Å²) in [6.45, 7) is 5.31. The topological polar surface area (TPSA) is 84.6 Å². The molecule has 0 atom stereocenters. The molecule has 2 aromatic rings. The predicted molar refractivity (Wildman–Crippen MR) is 82.9 cm³/mol. The number of nitrogens with zero attached hydrogens (tertiary/aromatic N) is 5. The lowest BCUT2D eigenvalue weighted by atomic mass is 10.2. The maximum Gasteiger partial charge on any atom is 0.319 e. The number of pyridine rings is 1. The zero-order valence-corrected chi connectivity index (χ0v) is 13.2. The number of hydrogen-bond donors (Lipinski definition) is 0. The lowest BCUT2D eigenvalue weighted by Crippen LogP contribution is -2.48. The summed E-state index contributed by atoms with van der Waals surface area (Å²) in [7, 11) is 1.41. The molecule has 1 fully saturated rings. The molecule has 3 heterocycles. The van der Waals surface area contributed by atoms with Crippen LogP contribution >= 0.6 is 0 Å². The fourth-order valence-electron chi connectivity index (χ4n) is 2.52. The molecule has 23 heavy (non-hydrogen) atoms. The van der Waals surface area contributed by atoms with E-state index in [2.05, 4.69) is 24.9 Å². The van der Waals surface area contributed by atoms with Gasteiger partial charge in [0, 0.05) is 37.9 Å². The number of aromatic nitrogens is 3. The van der Waals surface area contributed by atoms with Crippen LogP contribution < -0.4 is 4.90 Å². The zero-order chi connectivity index (χ0) is 16.2. The minimum Gasteiger partial charge on any atom is -0.468 e. The van der Waals surface area contributed by atoms with Crippen molar-refractivity contribution in [1.82, 2.24) is 20.0 Å². The lowest BCUT2D eigenvalue weighted by Gasteiger charge is -2.34. The quantitative estimate of drug-likeness (QED) is 0.763. The number of ether oxygens (including phenoxy) is 1. The van der Waals surface area contributed by atoms with E-state index in [4.69, 9.17) is 9.26 Å². The van der Waals surface area contributed by atoms with Crippen LogP contribution in [0, 0.1) is 6.92 Å². The van der Waals surface area contributed by atoms with Crippen LogP contribution in [-0.2, 0) is 9.53 Å². The van der Waals surface area contributed by atoms with Gasteiger partial charge in [0.1, 0.15) is 5.82 Å². The van der Waals surface area contributed by atoms with Gasteiger partial charge >= 0.3 is 5.97 Å². The molecule has 0 aliphatic carbocycles. The Kier molecular flexibility index (Phi) is 4.52. The van der Waals surface area contributed by atoms with Gasteiger partial charge < -0.3 is 14.2 Å². The molecule has 0 N–H and O–H groups in total. The van der Waals surface area contributed by atoms with E-state index in [1.807, 2.05) is 12.1 Å². The van der Waals surface area contributed by atoms with Crippen LogP contribution in [0.1, 0.15) is 5.82 Å². The van der Waals surface area contributed by atoms with E-state index < -0.39 is 0 Å². The number of anilines is 1. The summed E-state index contributed by atoms with van der Waals surface area (Å²) in [5.41, 5.74) is 0.854. The van der Waals surface area contributed by atoms with Crippen LogP contribution in [0.2, 0.25) is 0 Å². The minimum absolute atomic E-state index is 0.203. The van der Waals surface area contributed by atoms with Gasteiger partial charge in [-0.2, -0.15) is 4.98 Å². The van der Waals surface area contributed by atoms with Crippen molar-refractivity contribution in [2.45, 2.75) is 6.92 Å². The molecule has 0 aromatic carbocycles. The van der Waals surface area contributed by atoms with Crippen molar-refractivity contribution in [3.8, 4) is 11.5 Å². The molecule has 0 unspecified atom stereocenters. The molecule has 0 saturated carbocycles. The highest BCUT2D eigenvalue weighted by Crippen LogP contribution is 2.22. The van der Waals surface area contributed by atoms with Crippen molar-refractivity contribution in [1.29, 1.82) is 0 Å². The molecule has 0 spiro atoms. The van der Waals surface area contributed by atoms with Crippen molar-refractivity contribution in [2.75, 3.05) is 44.7 Å². The van der Waals surface area contributed by atoms with Crippen LogP contribution in [0.15, 0.2) is 22.9 Å². The van der Waals surface area contributed by atoms with Gasteiger partial charge in [0.15, 0.2) is 5.82 Å². The average molecular weight is 317 g/mol. The predicted octanol–water partition coefficient (Wildman–Crippen LogP) is 0.735. The fraction of sp³-hybridized carbons (Fsp3) is 0.467. The number of rotatable bonds is 4. The van der Waals surface area contributed by atoms with Crippen molar-refractivity contribution >= 4 is 11.8 Å². The molecule has 1 saturated heterocycles. The Morgan fingerprint density at radius 2 is 2.13 bits per heavy atom. The number of piperazine rings is 1. The number of hydrogen-bond acceptors (Lipinski definition) is 8. The summed E-state index contributed by atoms with van der Waals surface area (Å²) < 4.78 is 9.90. The van der Waals surface area contributed by atoms with Gasteiger partial charge in [0.05, 0.1) is 13.7 Å². The van der Waals surface area contributed by atoms with E-state index in [1.165, 1.54) is 7.11 Å². The number of carbonyl (C=O) groups excluding carboxylic acids is 1. The summed E-state index contributed by atoms with van der Waals surface area (Å²) in [6, 6.07) is 3.80. The molecule has 2 aromatic heterocycles. The molecule has 0 bridgehead atoms. The molecule has 0 amide bonds. The summed E-state index contributed by atoms with van der Waals surface area (Å²) in [6.07, 6.45) is 1.74. The maximum absolute atomic E-state index is 11.3. The number of carbonyl (C=O) groups is 1. The molecule has 0 radical (unpaired) electrons. The van der Waals surface area contributed by atoms with Gasteiger partial charge in [-0.1, -0.05) is 5.16 Å². The monoisotopic (exact) mass is 317 g/mol. The minimum atomic E-state index is -0.203. The number of esters is 1. The molecule has 1 aliphatic heterocycles. The summed E-state index contributed by atoms with van der Waals surface area (Å²) in [5, 5.41) is 3.81. The van der Waals surface area contributed by atoms with Crippen LogP contribution in [0.25, 0.3) is 11.5 Å². The summed E-state index contributed by atoms with van der Waals surface area (Å²) in [4.78, 5) is 24.2. The SMILES string of the molecule is COC(=O)CN1CCN(c2cc(-c3nc(C)no3)ccn2)CC1. The maximum atomic E-state index is 11.3. The van der Waals surface area contributed by atoms with Crippen molar-refractivity contribution in [2.24, 2.45) is 0 Å². The molecule has 1 aliphatic rings. The van der Waals surface area contributed by atoms with Crippen LogP contribution in [0.3, 0.4) is 0 Å². The first-order valence-electron chi connectivity index (χ1n) is 7.46. The van der Waals surface area contributed by atoms with Crippen LogP contribution in [0.5, 0.6) is 0 Å². The summed E-state index contributed by atoms with van der Waals surface area (Å²) in [5.74, 6) is 1.77. The Hall–Kier alpha value is -2.48. The van der Waals surface area contributed by atoms with E-state index >= 15 is 0 Å². The third kappa shape index (κ3) is 3.65. The standard InChI is InChI=1S/C15H19N5O3/c1-11-17-15(23-18-11)12-3-4-16-13(9-12)20-7-5-19(6-8-20)10-14(21)22-2/h3-4,9H,5-8,10H2,1-2H3. The van der Waals surface area contributed by atoms with Crippen molar-refractivity contribution in [3.05, 3.63) is 24.2 Å². The van der Waals surface area contributed by atoms with Gasteiger partial charge in [-0.25, -0.2) is 4.98 Å². The third-order valence-corrected chi connectivity index (χ3v) is 3.80. The number of methoxy groups -OCH3 is 1. The Labute approximate surface area is 134 Å². The first kappa shape index (κ1) is 15.4. The molecule has 122 valence electrons. The zero-order valence-electron chi connectivity index (χ0n) is 13.2. The van der Waals surface area contributed by atoms with E-state index in [0.717, 1.165) is 37.6 Å². The Balaban J connectivity index is 1.66. The second-order valence-electron chi connectivity index (χ2n) is 5.39. The van der Waals surface area contributed by atoms with Gasteiger partial charge in [-0.3, -0.25) is 9.69 Å². The lowest BCUT2D eigenvalue weighted by molar-refractivity contribution is -0.142. The highest BCUT2D eigenvalue weighted by atomic mass is 16.5. The first-order chi connectivity index (χ1) is 11.2. The largest absolute Gasteiger partial charge is 0.468 e. The highest BCUT2D eigenvalue weighted by Gasteiger charge is 2.20. The fourth-order valence-corrected chi connectivity index (χ4v) is 2.52.